The summed E-state index contributed by atoms with van der Waals surface area (Å²) < 4.78 is 5.16. The van der Waals surface area contributed by atoms with Crippen molar-refractivity contribution in [2.24, 2.45) is 0 Å². The van der Waals surface area contributed by atoms with E-state index >= 15 is 0 Å². The molecule has 0 unspecified atom stereocenters. The summed E-state index contributed by atoms with van der Waals surface area (Å²) >= 11 is 0. The Morgan fingerprint density at radius 2 is 1.83 bits per heavy atom. The summed E-state index contributed by atoms with van der Waals surface area (Å²) in [7, 11) is 0. The maximum Gasteiger partial charge on any atom is 0.426 e. The number of aromatic nitrogens is 1. The molecule has 1 aromatic heterocycles. The smallest absolute Gasteiger partial charge is 0.426 e. The monoisotopic (exact) mass is 307 g/mol. The molecule has 0 saturated carbocycles. The van der Waals surface area contributed by atoms with Gasteiger partial charge in [0.1, 0.15) is 6.61 Å². The summed E-state index contributed by atoms with van der Waals surface area (Å²) in [5, 5.41) is 0.932. The Morgan fingerprint density at radius 1 is 1.09 bits per heavy atom. The van der Waals surface area contributed by atoms with Crippen LogP contribution in [0.1, 0.15) is 11.3 Å². The molecule has 2 aromatic carbocycles. The summed E-state index contributed by atoms with van der Waals surface area (Å²) in [5.41, 5.74) is 8.91. The minimum absolute atomic E-state index is 0.227. The number of nitrogens with one attached hydrogen (secondary N) is 2. The number of carbonyl (C=O) groups is 1. The van der Waals surface area contributed by atoms with Crippen molar-refractivity contribution in [1.29, 1.82) is 0 Å². The van der Waals surface area contributed by atoms with Crippen LogP contribution in [0.15, 0.2) is 60.7 Å². The molecule has 0 aliphatic heterocycles. The molecule has 5 nitrogen and oxygen atoms in total. The molecule has 1 amide bonds. The highest BCUT2D eigenvalue weighted by Gasteiger charge is 2.06. The van der Waals surface area contributed by atoms with Crippen LogP contribution in [0.5, 0.6) is 0 Å². The van der Waals surface area contributed by atoms with Crippen molar-refractivity contribution in [3.05, 3.63) is 71.9 Å². The summed E-state index contributed by atoms with van der Waals surface area (Å²) in [6, 6.07) is 19.1. The van der Waals surface area contributed by atoms with Gasteiger partial charge >= 0.3 is 6.09 Å². The molecule has 0 aliphatic carbocycles. The second kappa shape index (κ2) is 6.79. The van der Waals surface area contributed by atoms with E-state index < -0.39 is 6.09 Å². The minimum Gasteiger partial charge on any atom is -0.443 e. The second-order valence-electron chi connectivity index (χ2n) is 5.14. The Hall–Kier alpha value is -3.08. The van der Waals surface area contributed by atoms with Crippen LogP contribution >= 0.6 is 0 Å². The zero-order valence-electron chi connectivity index (χ0n) is 12.7. The van der Waals surface area contributed by atoms with Crippen molar-refractivity contribution in [3.63, 3.8) is 0 Å². The summed E-state index contributed by atoms with van der Waals surface area (Å²) in [6.07, 6.45) is -0.535. The van der Waals surface area contributed by atoms with Gasteiger partial charge in [-0.2, -0.15) is 0 Å². The fourth-order valence-corrected chi connectivity index (χ4v) is 2.29. The SMILES string of the molecule is Cc1cc(NNC(=O)OCc2ccccc2)c2ccccc2n1. The van der Waals surface area contributed by atoms with Crippen LogP contribution in [0.25, 0.3) is 10.9 Å². The Labute approximate surface area is 134 Å². The van der Waals surface area contributed by atoms with E-state index in [1.165, 1.54) is 0 Å². The number of nitrogens with zero attached hydrogens (tertiary/aromatic N) is 1. The third-order valence-corrected chi connectivity index (χ3v) is 3.36. The molecule has 3 aromatic rings. The lowest BCUT2D eigenvalue weighted by atomic mass is 10.1. The molecule has 0 saturated heterocycles. The zero-order chi connectivity index (χ0) is 16.1. The summed E-state index contributed by atoms with van der Waals surface area (Å²) in [4.78, 5) is 16.3. The van der Waals surface area contributed by atoms with E-state index in [4.69, 9.17) is 4.74 Å². The lowest BCUT2D eigenvalue weighted by Crippen LogP contribution is -2.30. The van der Waals surface area contributed by atoms with Crippen molar-refractivity contribution in [1.82, 2.24) is 10.4 Å². The van der Waals surface area contributed by atoms with Gasteiger partial charge in [-0.05, 0) is 24.6 Å². The van der Waals surface area contributed by atoms with Crippen molar-refractivity contribution in [2.75, 3.05) is 5.43 Å². The van der Waals surface area contributed by atoms with Gasteiger partial charge in [0.15, 0.2) is 0 Å². The molecule has 3 rings (SSSR count). The quantitative estimate of drug-likeness (QED) is 0.720. The number of fused-ring (bicyclic) bond motifs is 1. The summed E-state index contributed by atoms with van der Waals surface area (Å²) in [5.74, 6) is 0. The van der Waals surface area contributed by atoms with Crippen LogP contribution in [0.2, 0.25) is 0 Å². The van der Waals surface area contributed by atoms with E-state index in [1.54, 1.807) is 0 Å². The molecule has 116 valence electrons. The third kappa shape index (κ3) is 3.77. The van der Waals surface area contributed by atoms with Crippen LogP contribution in [0.4, 0.5) is 10.5 Å². The molecule has 0 radical (unpaired) electrons. The van der Waals surface area contributed by atoms with Crippen LogP contribution in [-0.4, -0.2) is 11.1 Å². The second-order valence-corrected chi connectivity index (χ2v) is 5.14. The van der Waals surface area contributed by atoms with Gasteiger partial charge in [0.25, 0.3) is 0 Å². The molecular weight excluding hydrogens is 290 g/mol. The van der Waals surface area contributed by atoms with Crippen LogP contribution in [0.3, 0.4) is 0 Å². The van der Waals surface area contributed by atoms with Gasteiger partial charge < -0.3 is 4.74 Å². The highest BCUT2D eigenvalue weighted by molar-refractivity contribution is 5.91. The molecule has 0 fully saturated rings. The number of hydrazine groups is 1. The van der Waals surface area contributed by atoms with Gasteiger partial charge in [0, 0.05) is 11.1 Å². The average Bonchev–Trinajstić information content (AvgIpc) is 2.58. The molecule has 0 spiro atoms. The highest BCUT2D eigenvalue weighted by atomic mass is 16.6. The molecule has 0 atom stereocenters. The fourth-order valence-electron chi connectivity index (χ4n) is 2.29. The van der Waals surface area contributed by atoms with E-state index in [1.807, 2.05) is 67.6 Å². The van der Waals surface area contributed by atoms with E-state index in [9.17, 15) is 4.79 Å². The molecule has 1 heterocycles. The van der Waals surface area contributed by atoms with E-state index in [-0.39, 0.29) is 6.61 Å². The first-order valence-corrected chi connectivity index (χ1v) is 7.31. The van der Waals surface area contributed by atoms with Gasteiger partial charge in [0.05, 0.1) is 11.2 Å². The van der Waals surface area contributed by atoms with Gasteiger partial charge in [-0.25, -0.2) is 10.2 Å². The van der Waals surface area contributed by atoms with Gasteiger partial charge in [0.2, 0.25) is 0 Å². The number of aryl methyl sites for hydroxylation is 1. The van der Waals surface area contributed by atoms with Gasteiger partial charge in [-0.3, -0.25) is 10.4 Å². The zero-order valence-corrected chi connectivity index (χ0v) is 12.7. The molecule has 23 heavy (non-hydrogen) atoms. The normalized spacial score (nSPS) is 10.3. The fraction of sp³-hybridized carbons (Fsp3) is 0.111. The number of benzene rings is 2. The number of anilines is 1. The molecular formula is C18H17N3O2. The largest absolute Gasteiger partial charge is 0.443 e. The van der Waals surface area contributed by atoms with E-state index in [0.29, 0.717) is 0 Å². The molecule has 2 N–H and O–H groups in total. The topological polar surface area (TPSA) is 63.2 Å². The number of hydrogen-bond acceptors (Lipinski definition) is 4. The minimum atomic E-state index is -0.535. The predicted molar refractivity (Wildman–Crippen MR) is 89.9 cm³/mol. The van der Waals surface area contributed by atoms with Gasteiger partial charge in [-0.15, -0.1) is 0 Å². The van der Waals surface area contributed by atoms with E-state index in [2.05, 4.69) is 15.8 Å². The number of rotatable bonds is 4. The van der Waals surface area contributed by atoms with Crippen molar-refractivity contribution >= 4 is 22.7 Å². The Kier molecular flexibility index (Phi) is 4.38. The lowest BCUT2D eigenvalue weighted by Gasteiger charge is -2.12. The lowest BCUT2D eigenvalue weighted by molar-refractivity contribution is 0.142. The van der Waals surface area contributed by atoms with Gasteiger partial charge in [-0.1, -0.05) is 48.5 Å². The maximum atomic E-state index is 11.8. The van der Waals surface area contributed by atoms with Crippen molar-refractivity contribution in [2.45, 2.75) is 13.5 Å². The predicted octanol–water partition coefficient (Wildman–Crippen LogP) is 3.80. The molecule has 0 bridgehead atoms. The number of para-hydroxylation sites is 1. The number of ether oxygens (including phenoxy) is 1. The standard InChI is InChI=1S/C18H17N3O2/c1-13-11-17(15-9-5-6-10-16(15)19-13)20-21-18(22)23-12-14-7-3-2-4-8-14/h2-11H,12H2,1H3,(H,19,20)(H,21,22). The van der Waals surface area contributed by atoms with E-state index in [0.717, 1.165) is 27.8 Å². The number of hydrogen-bond donors (Lipinski definition) is 2. The first-order chi connectivity index (χ1) is 11.2. The number of pyridine rings is 1. The summed E-state index contributed by atoms with van der Waals surface area (Å²) in [6.45, 7) is 2.13. The molecule has 5 heteroatoms. The first-order valence-electron chi connectivity index (χ1n) is 7.31. The number of carbonyl (C=O) groups excluding carboxylic acids is 1. The highest BCUT2D eigenvalue weighted by Crippen LogP contribution is 2.22. The van der Waals surface area contributed by atoms with Crippen LogP contribution < -0.4 is 10.9 Å². The molecule has 0 aliphatic rings. The third-order valence-electron chi connectivity index (χ3n) is 3.36. The Bertz CT molecular complexity index is 819. The van der Waals surface area contributed by atoms with Crippen molar-refractivity contribution < 1.29 is 9.53 Å². The van der Waals surface area contributed by atoms with Crippen molar-refractivity contribution in [3.8, 4) is 0 Å². The first kappa shape index (κ1) is 14.8. The Balaban J connectivity index is 1.63. The van der Waals surface area contributed by atoms with Crippen LogP contribution in [0, 0.1) is 6.92 Å². The van der Waals surface area contributed by atoms with Crippen LogP contribution in [-0.2, 0) is 11.3 Å². The maximum absolute atomic E-state index is 11.8. The Morgan fingerprint density at radius 3 is 2.65 bits per heavy atom. The average molecular weight is 307 g/mol. The number of amides is 1.